The van der Waals surface area contributed by atoms with Crippen LogP contribution in [0.1, 0.15) is 24.9 Å². The predicted octanol–water partition coefficient (Wildman–Crippen LogP) is 3.21. The standard InChI is InChI=1S/C25H29N3O6/c1-5-34-24(30)21-22(16-11-12-19(32-3)20(15-16)33-4)28-18-10-7-6-9-17(18)26-25(28)27(23(21)29)13-8-14-31-2/h6-7,9-12,15,21-22H,5,8,13-14H2,1-4H3/t21-,22-/m1/s1. The van der Waals surface area contributed by atoms with E-state index in [1.54, 1.807) is 45.3 Å². The molecule has 4 rings (SSSR count). The van der Waals surface area contributed by atoms with Gasteiger partial charge in [-0.1, -0.05) is 18.2 Å². The molecule has 0 N–H and O–H groups in total. The van der Waals surface area contributed by atoms with E-state index in [2.05, 4.69) is 0 Å². The maximum Gasteiger partial charge on any atom is 0.321 e. The molecule has 2 atom stereocenters. The van der Waals surface area contributed by atoms with Crippen molar-refractivity contribution in [3.8, 4) is 11.5 Å². The summed E-state index contributed by atoms with van der Waals surface area (Å²) in [6.07, 6.45) is 0.599. The minimum atomic E-state index is -1.09. The van der Waals surface area contributed by atoms with Crippen LogP contribution in [-0.4, -0.2) is 62.5 Å². The number of esters is 1. The molecule has 1 aliphatic rings. The van der Waals surface area contributed by atoms with Crippen molar-refractivity contribution >= 4 is 28.9 Å². The van der Waals surface area contributed by atoms with Crippen molar-refractivity contribution in [3.05, 3.63) is 48.0 Å². The van der Waals surface area contributed by atoms with Crippen molar-refractivity contribution < 1.29 is 28.5 Å². The maximum atomic E-state index is 13.8. The zero-order chi connectivity index (χ0) is 24.2. The van der Waals surface area contributed by atoms with Crippen molar-refractivity contribution in [2.24, 2.45) is 5.92 Å². The molecule has 180 valence electrons. The number of hydrogen-bond acceptors (Lipinski definition) is 7. The minimum absolute atomic E-state index is 0.169. The minimum Gasteiger partial charge on any atom is -0.493 e. The summed E-state index contributed by atoms with van der Waals surface area (Å²) in [5.74, 6) is -0.473. The first kappa shape index (κ1) is 23.6. The van der Waals surface area contributed by atoms with Crippen molar-refractivity contribution in [3.63, 3.8) is 0 Å². The van der Waals surface area contributed by atoms with Gasteiger partial charge in [0.05, 0.1) is 37.9 Å². The second-order valence-electron chi connectivity index (χ2n) is 7.90. The molecule has 0 aliphatic carbocycles. The van der Waals surface area contributed by atoms with Crippen LogP contribution in [0.4, 0.5) is 5.95 Å². The fourth-order valence-corrected chi connectivity index (χ4v) is 4.46. The van der Waals surface area contributed by atoms with Gasteiger partial charge >= 0.3 is 5.97 Å². The van der Waals surface area contributed by atoms with Crippen LogP contribution in [0.25, 0.3) is 11.0 Å². The molecule has 9 nitrogen and oxygen atoms in total. The van der Waals surface area contributed by atoms with Gasteiger partial charge in [-0.05, 0) is 43.2 Å². The van der Waals surface area contributed by atoms with E-state index in [-0.39, 0.29) is 12.5 Å². The quantitative estimate of drug-likeness (QED) is 0.271. The van der Waals surface area contributed by atoms with Crippen molar-refractivity contribution in [2.75, 3.05) is 46.0 Å². The Labute approximate surface area is 198 Å². The summed E-state index contributed by atoms with van der Waals surface area (Å²) in [5.41, 5.74) is 2.26. The Kier molecular flexibility index (Phi) is 7.02. The number of aromatic nitrogens is 2. The van der Waals surface area contributed by atoms with Crippen LogP contribution in [-0.2, 0) is 19.1 Å². The Morgan fingerprint density at radius 2 is 1.82 bits per heavy atom. The highest BCUT2D eigenvalue weighted by atomic mass is 16.5. The zero-order valence-electron chi connectivity index (χ0n) is 19.8. The molecule has 2 heterocycles. The molecule has 0 unspecified atom stereocenters. The van der Waals surface area contributed by atoms with Crippen LogP contribution in [0.5, 0.6) is 11.5 Å². The first-order chi connectivity index (χ1) is 16.5. The third-order valence-electron chi connectivity index (χ3n) is 5.96. The highest BCUT2D eigenvalue weighted by Gasteiger charge is 2.47. The molecule has 9 heteroatoms. The number of amides is 1. The summed E-state index contributed by atoms with van der Waals surface area (Å²) in [6, 6.07) is 12.4. The van der Waals surface area contributed by atoms with Crippen LogP contribution in [0, 0.1) is 5.92 Å². The first-order valence-corrected chi connectivity index (χ1v) is 11.2. The molecule has 0 saturated carbocycles. The molecule has 0 radical (unpaired) electrons. The molecule has 0 saturated heterocycles. The van der Waals surface area contributed by atoms with Gasteiger partial charge in [0.15, 0.2) is 17.4 Å². The number of methoxy groups -OCH3 is 3. The van der Waals surface area contributed by atoms with Gasteiger partial charge in [-0.25, -0.2) is 4.98 Å². The van der Waals surface area contributed by atoms with E-state index < -0.39 is 17.9 Å². The van der Waals surface area contributed by atoms with Crippen molar-refractivity contribution in [1.29, 1.82) is 0 Å². The molecule has 0 fully saturated rings. The summed E-state index contributed by atoms with van der Waals surface area (Å²) in [7, 11) is 4.72. The topological polar surface area (TPSA) is 92.1 Å². The van der Waals surface area contributed by atoms with Crippen molar-refractivity contribution in [1.82, 2.24) is 9.55 Å². The Morgan fingerprint density at radius 1 is 1.06 bits per heavy atom. The number of ether oxygens (including phenoxy) is 4. The summed E-state index contributed by atoms with van der Waals surface area (Å²) in [6.45, 7) is 2.74. The van der Waals surface area contributed by atoms with E-state index >= 15 is 0 Å². The highest BCUT2D eigenvalue weighted by Crippen LogP contribution is 2.43. The van der Waals surface area contributed by atoms with Gasteiger partial charge in [-0.3, -0.25) is 14.5 Å². The molecule has 0 bridgehead atoms. The molecule has 34 heavy (non-hydrogen) atoms. The lowest BCUT2D eigenvalue weighted by atomic mass is 9.89. The van der Waals surface area contributed by atoms with E-state index in [1.807, 2.05) is 34.9 Å². The number of hydrogen-bond donors (Lipinski definition) is 0. The Balaban J connectivity index is 1.95. The largest absolute Gasteiger partial charge is 0.493 e. The van der Waals surface area contributed by atoms with Gasteiger partial charge in [0, 0.05) is 20.3 Å². The number of carbonyl (C=O) groups is 2. The molecular formula is C25H29N3O6. The maximum absolute atomic E-state index is 13.8. The van der Waals surface area contributed by atoms with Gasteiger partial charge in [-0.2, -0.15) is 0 Å². The van der Waals surface area contributed by atoms with Crippen LogP contribution < -0.4 is 14.4 Å². The fraction of sp³-hybridized carbons (Fsp3) is 0.400. The van der Waals surface area contributed by atoms with Crippen molar-refractivity contribution in [2.45, 2.75) is 19.4 Å². The van der Waals surface area contributed by atoms with Gasteiger partial charge < -0.3 is 23.5 Å². The van der Waals surface area contributed by atoms with Crippen LogP contribution in [0.2, 0.25) is 0 Å². The Morgan fingerprint density at radius 3 is 2.53 bits per heavy atom. The molecule has 1 aromatic heterocycles. The molecule has 1 amide bonds. The second kappa shape index (κ2) is 10.1. The number of nitrogens with zero attached hydrogens (tertiary/aromatic N) is 3. The molecule has 1 aliphatic heterocycles. The number of rotatable bonds is 9. The average Bonchev–Trinajstić information content (AvgIpc) is 3.23. The third-order valence-corrected chi connectivity index (χ3v) is 5.96. The van der Waals surface area contributed by atoms with E-state index in [1.165, 1.54) is 0 Å². The average molecular weight is 468 g/mol. The summed E-state index contributed by atoms with van der Waals surface area (Å²) < 4.78 is 23.4. The van der Waals surface area contributed by atoms with Crippen LogP contribution in [0.15, 0.2) is 42.5 Å². The van der Waals surface area contributed by atoms with Crippen LogP contribution >= 0.6 is 0 Å². The van der Waals surface area contributed by atoms with Gasteiger partial charge in [0.25, 0.3) is 0 Å². The van der Waals surface area contributed by atoms with Gasteiger partial charge in [0.1, 0.15) is 0 Å². The third kappa shape index (κ3) is 4.07. The summed E-state index contributed by atoms with van der Waals surface area (Å²) in [4.78, 5) is 33.4. The SMILES string of the molecule is CCOC(=O)[C@H]1C(=O)N(CCCOC)c2nc3ccccc3n2[C@@H]1c1ccc(OC)c(OC)c1. The summed E-state index contributed by atoms with van der Waals surface area (Å²) >= 11 is 0. The predicted molar refractivity (Wildman–Crippen MR) is 126 cm³/mol. The van der Waals surface area contributed by atoms with E-state index in [0.29, 0.717) is 42.6 Å². The monoisotopic (exact) mass is 467 g/mol. The van der Waals surface area contributed by atoms with Gasteiger partial charge in [0.2, 0.25) is 11.9 Å². The highest BCUT2D eigenvalue weighted by molar-refractivity contribution is 6.08. The molecule has 2 aromatic carbocycles. The number of anilines is 1. The molecule has 3 aromatic rings. The lowest BCUT2D eigenvalue weighted by molar-refractivity contribution is -0.153. The summed E-state index contributed by atoms with van der Waals surface area (Å²) in [5, 5.41) is 0. The van der Waals surface area contributed by atoms with E-state index in [4.69, 9.17) is 23.9 Å². The smallest absolute Gasteiger partial charge is 0.321 e. The fourth-order valence-electron chi connectivity index (χ4n) is 4.46. The Bertz CT molecular complexity index is 1190. The van der Waals surface area contributed by atoms with E-state index in [9.17, 15) is 9.59 Å². The lowest BCUT2D eigenvalue weighted by Crippen LogP contribution is -2.50. The second-order valence-corrected chi connectivity index (χ2v) is 7.90. The first-order valence-electron chi connectivity index (χ1n) is 11.2. The van der Waals surface area contributed by atoms with Crippen LogP contribution in [0.3, 0.4) is 0 Å². The van der Waals surface area contributed by atoms with E-state index in [0.717, 1.165) is 11.0 Å². The van der Waals surface area contributed by atoms with Gasteiger partial charge in [-0.15, -0.1) is 0 Å². The normalized spacial score (nSPS) is 17.5. The number of para-hydroxylation sites is 2. The Hall–Kier alpha value is -3.59. The number of carbonyl (C=O) groups excluding carboxylic acids is 2. The number of fused-ring (bicyclic) bond motifs is 3. The lowest BCUT2D eigenvalue weighted by Gasteiger charge is -2.38. The zero-order valence-corrected chi connectivity index (χ0v) is 19.8. The number of imidazole rings is 1. The molecule has 0 spiro atoms. The number of benzene rings is 2. The molecular weight excluding hydrogens is 438 g/mol.